The van der Waals surface area contributed by atoms with E-state index in [1.807, 2.05) is 19.4 Å². The molecule has 1 aliphatic heterocycles. The zero-order chi connectivity index (χ0) is 16.6. The van der Waals surface area contributed by atoms with Gasteiger partial charge in [0.1, 0.15) is 5.75 Å². The Balaban J connectivity index is 1.60. The lowest BCUT2D eigenvalue weighted by atomic mass is 10.0. The summed E-state index contributed by atoms with van der Waals surface area (Å²) in [6, 6.07) is 6.46. The third-order valence-corrected chi connectivity index (χ3v) is 4.35. The molecule has 5 heteroatoms. The van der Waals surface area contributed by atoms with Gasteiger partial charge in [0.25, 0.3) is 0 Å². The highest BCUT2D eigenvalue weighted by Gasteiger charge is 2.13. The molecule has 0 bridgehead atoms. The lowest BCUT2D eigenvalue weighted by molar-refractivity contribution is 0.0547. The molecule has 1 aromatic carbocycles. The number of nitrogens with zero attached hydrogens (tertiary/aromatic N) is 2. The second-order valence-electron chi connectivity index (χ2n) is 6.32. The highest BCUT2D eigenvalue weighted by atomic mass is 16.5. The normalized spacial score (nSPS) is 17.8. The van der Waals surface area contributed by atoms with Crippen LogP contribution in [0, 0.1) is 5.92 Å². The summed E-state index contributed by atoms with van der Waals surface area (Å²) in [5.41, 5.74) is 2.47. The van der Waals surface area contributed by atoms with Crippen molar-refractivity contribution in [3.63, 3.8) is 0 Å². The first-order chi connectivity index (χ1) is 11.8. The first-order valence-electron chi connectivity index (χ1n) is 8.84. The zero-order valence-electron chi connectivity index (χ0n) is 14.4. The number of benzene rings is 1. The summed E-state index contributed by atoms with van der Waals surface area (Å²) in [7, 11) is 0. The lowest BCUT2D eigenvalue weighted by Crippen LogP contribution is -2.28. The van der Waals surface area contributed by atoms with Gasteiger partial charge in [-0.25, -0.2) is 4.98 Å². The van der Waals surface area contributed by atoms with Crippen LogP contribution in [0.3, 0.4) is 0 Å². The summed E-state index contributed by atoms with van der Waals surface area (Å²) in [4.78, 5) is 4.12. The van der Waals surface area contributed by atoms with Crippen LogP contribution in [0.2, 0.25) is 0 Å². The molecule has 1 N–H and O–H groups in total. The average Bonchev–Trinajstić information content (AvgIpc) is 3.11. The second-order valence-corrected chi connectivity index (χ2v) is 6.32. The predicted molar refractivity (Wildman–Crippen MR) is 94.2 cm³/mol. The molecule has 0 radical (unpaired) electrons. The van der Waals surface area contributed by atoms with Gasteiger partial charge in [-0.05, 0) is 43.4 Å². The van der Waals surface area contributed by atoms with Gasteiger partial charge in [0.05, 0.1) is 26.1 Å². The third-order valence-electron chi connectivity index (χ3n) is 4.35. The molecule has 0 spiro atoms. The Bertz CT molecular complexity index is 607. The quantitative estimate of drug-likeness (QED) is 0.809. The van der Waals surface area contributed by atoms with Crippen LogP contribution in [0.1, 0.15) is 30.9 Å². The van der Waals surface area contributed by atoms with E-state index in [2.05, 4.69) is 33.1 Å². The second kappa shape index (κ2) is 8.85. The van der Waals surface area contributed by atoms with Crippen LogP contribution in [0.25, 0.3) is 0 Å². The fraction of sp³-hybridized carbons (Fsp3) is 0.526. The van der Waals surface area contributed by atoms with Crippen molar-refractivity contribution in [2.75, 3.05) is 26.4 Å². The lowest BCUT2D eigenvalue weighted by Gasteiger charge is -2.22. The Labute approximate surface area is 144 Å². The molecule has 5 nitrogen and oxygen atoms in total. The molecular weight excluding hydrogens is 302 g/mol. The minimum Gasteiger partial charge on any atom is -0.494 e. The van der Waals surface area contributed by atoms with Crippen LogP contribution in [0.5, 0.6) is 5.75 Å². The molecule has 1 saturated heterocycles. The van der Waals surface area contributed by atoms with Crippen molar-refractivity contribution >= 4 is 0 Å². The van der Waals surface area contributed by atoms with Gasteiger partial charge in [0, 0.05) is 37.7 Å². The molecule has 1 unspecified atom stereocenters. The molecule has 130 valence electrons. The van der Waals surface area contributed by atoms with Crippen LogP contribution in [-0.2, 0) is 17.8 Å². The number of hydrogen-bond acceptors (Lipinski definition) is 4. The van der Waals surface area contributed by atoms with Crippen molar-refractivity contribution in [2.24, 2.45) is 5.92 Å². The number of nitrogens with one attached hydrogen (secondary N) is 1. The van der Waals surface area contributed by atoms with E-state index in [-0.39, 0.29) is 0 Å². The predicted octanol–water partition coefficient (Wildman–Crippen LogP) is 2.85. The van der Waals surface area contributed by atoms with Crippen molar-refractivity contribution < 1.29 is 9.47 Å². The Kier molecular flexibility index (Phi) is 6.26. The van der Waals surface area contributed by atoms with Gasteiger partial charge in [-0.2, -0.15) is 0 Å². The molecule has 2 aromatic rings. The summed E-state index contributed by atoms with van der Waals surface area (Å²) in [6.45, 7) is 7.18. The third kappa shape index (κ3) is 4.82. The van der Waals surface area contributed by atoms with E-state index >= 15 is 0 Å². The largest absolute Gasteiger partial charge is 0.494 e. The molecule has 1 fully saturated rings. The maximum Gasteiger partial charge on any atom is 0.124 e. The molecular formula is C19H27N3O2. The van der Waals surface area contributed by atoms with Gasteiger partial charge in [0.15, 0.2) is 0 Å². The Morgan fingerprint density at radius 1 is 1.42 bits per heavy atom. The maximum absolute atomic E-state index is 5.77. The topological polar surface area (TPSA) is 48.3 Å². The summed E-state index contributed by atoms with van der Waals surface area (Å²) in [5.74, 6) is 1.60. The van der Waals surface area contributed by atoms with E-state index in [1.54, 1.807) is 6.20 Å². The molecule has 0 saturated carbocycles. The molecule has 0 amide bonds. The Hall–Kier alpha value is -1.85. The van der Waals surface area contributed by atoms with Crippen LogP contribution >= 0.6 is 0 Å². The monoisotopic (exact) mass is 329 g/mol. The number of hydrogen-bond donors (Lipinski definition) is 1. The first kappa shape index (κ1) is 17.0. The maximum atomic E-state index is 5.77. The van der Waals surface area contributed by atoms with Crippen molar-refractivity contribution in [3.8, 4) is 5.75 Å². The average molecular weight is 329 g/mol. The van der Waals surface area contributed by atoms with Crippen LogP contribution in [-0.4, -0.2) is 35.9 Å². The van der Waals surface area contributed by atoms with Gasteiger partial charge in [-0.1, -0.05) is 6.07 Å². The van der Waals surface area contributed by atoms with Gasteiger partial charge in [-0.3, -0.25) is 0 Å². The first-order valence-corrected chi connectivity index (χ1v) is 8.84. The van der Waals surface area contributed by atoms with Crippen LogP contribution in [0.15, 0.2) is 36.9 Å². The fourth-order valence-electron chi connectivity index (χ4n) is 3.13. The summed E-state index contributed by atoms with van der Waals surface area (Å²) in [6.07, 6.45) is 8.07. The van der Waals surface area contributed by atoms with Gasteiger partial charge >= 0.3 is 0 Å². The van der Waals surface area contributed by atoms with Gasteiger partial charge in [-0.15, -0.1) is 0 Å². The van der Waals surface area contributed by atoms with E-state index in [1.165, 1.54) is 24.0 Å². The molecule has 2 heterocycles. The molecule has 1 atom stereocenters. The summed E-state index contributed by atoms with van der Waals surface area (Å²) < 4.78 is 13.4. The van der Waals surface area contributed by atoms with Crippen LogP contribution < -0.4 is 10.1 Å². The molecule has 0 aliphatic carbocycles. The van der Waals surface area contributed by atoms with Crippen LogP contribution in [0.4, 0.5) is 0 Å². The van der Waals surface area contributed by atoms with Crippen molar-refractivity contribution in [2.45, 2.75) is 32.9 Å². The standard InChI is InChI=1S/C19H27N3O2/c1-2-24-19-6-5-16(10-18(19)13-22-8-7-20-15-22)11-21-12-17-4-3-9-23-14-17/h5-8,10,15,17,21H,2-4,9,11-14H2,1H3. The smallest absolute Gasteiger partial charge is 0.124 e. The van der Waals surface area contributed by atoms with Crippen molar-refractivity contribution in [1.29, 1.82) is 0 Å². The van der Waals surface area contributed by atoms with E-state index in [0.717, 1.165) is 38.6 Å². The number of aromatic nitrogens is 2. The Morgan fingerprint density at radius 2 is 2.38 bits per heavy atom. The number of ether oxygens (including phenoxy) is 2. The fourth-order valence-corrected chi connectivity index (χ4v) is 3.13. The number of imidazole rings is 1. The van der Waals surface area contributed by atoms with Crippen molar-refractivity contribution in [3.05, 3.63) is 48.0 Å². The van der Waals surface area contributed by atoms with E-state index in [9.17, 15) is 0 Å². The highest BCUT2D eigenvalue weighted by molar-refractivity contribution is 5.37. The van der Waals surface area contributed by atoms with E-state index < -0.39 is 0 Å². The van der Waals surface area contributed by atoms with E-state index in [0.29, 0.717) is 12.5 Å². The van der Waals surface area contributed by atoms with Gasteiger partial charge < -0.3 is 19.4 Å². The van der Waals surface area contributed by atoms with Gasteiger partial charge in [0.2, 0.25) is 0 Å². The Morgan fingerprint density at radius 3 is 3.12 bits per heavy atom. The zero-order valence-corrected chi connectivity index (χ0v) is 14.4. The molecule has 24 heavy (non-hydrogen) atoms. The number of rotatable bonds is 8. The van der Waals surface area contributed by atoms with Crippen molar-refractivity contribution in [1.82, 2.24) is 14.9 Å². The molecule has 1 aliphatic rings. The molecule has 1 aromatic heterocycles. The van der Waals surface area contributed by atoms with E-state index in [4.69, 9.17) is 9.47 Å². The summed E-state index contributed by atoms with van der Waals surface area (Å²) >= 11 is 0. The SMILES string of the molecule is CCOc1ccc(CNCC2CCCOC2)cc1Cn1ccnc1. The minimum absolute atomic E-state index is 0.645. The minimum atomic E-state index is 0.645. The summed E-state index contributed by atoms with van der Waals surface area (Å²) in [5, 5.41) is 3.57. The highest BCUT2D eigenvalue weighted by Crippen LogP contribution is 2.22. The molecule has 3 rings (SSSR count).